The molecule has 3 aromatic rings. The summed E-state index contributed by atoms with van der Waals surface area (Å²) >= 11 is 0. The highest BCUT2D eigenvalue weighted by molar-refractivity contribution is 5.83. The summed E-state index contributed by atoms with van der Waals surface area (Å²) in [5.74, 6) is 0.251. The molecule has 0 amide bonds. The predicted octanol–water partition coefficient (Wildman–Crippen LogP) is 9.33. The highest BCUT2D eigenvalue weighted by Gasteiger charge is 2.12. The highest BCUT2D eigenvalue weighted by Crippen LogP contribution is 2.25. The molecule has 206 valence electrons. The van der Waals surface area contributed by atoms with Crippen LogP contribution in [-0.4, -0.2) is 11.1 Å². The van der Waals surface area contributed by atoms with E-state index in [1.165, 1.54) is 95.4 Å². The molecule has 0 radical (unpaired) electrons. The van der Waals surface area contributed by atoms with Crippen molar-refractivity contribution in [1.82, 2.24) is 0 Å². The van der Waals surface area contributed by atoms with Gasteiger partial charge in [0.05, 0.1) is 10.9 Å². The van der Waals surface area contributed by atoms with Crippen LogP contribution in [-0.2, 0) is 4.79 Å². The molecule has 3 rings (SSSR count). The van der Waals surface area contributed by atoms with E-state index in [0.717, 1.165) is 19.3 Å². The van der Waals surface area contributed by atoms with Gasteiger partial charge in [-0.25, -0.2) is 0 Å². The second kappa shape index (κ2) is 16.7. The van der Waals surface area contributed by atoms with Crippen molar-refractivity contribution < 1.29 is 19.1 Å². The van der Waals surface area contributed by atoms with Crippen LogP contribution in [0, 0.1) is 0 Å². The lowest BCUT2D eigenvalue weighted by atomic mass is 10.0. The van der Waals surface area contributed by atoms with E-state index in [0.29, 0.717) is 34.3 Å². The molecule has 0 unspecified atom stereocenters. The zero-order chi connectivity index (χ0) is 27.0. The molecule has 5 heteroatoms. The first-order chi connectivity index (χ1) is 18.6. The summed E-state index contributed by atoms with van der Waals surface area (Å²) in [4.78, 5) is 25.2. The predicted molar refractivity (Wildman–Crippen MR) is 155 cm³/mol. The lowest BCUT2D eigenvalue weighted by Gasteiger charge is -2.07. The molecule has 2 aromatic carbocycles. The molecule has 0 spiro atoms. The van der Waals surface area contributed by atoms with E-state index in [2.05, 4.69) is 6.92 Å². The maximum atomic E-state index is 12.9. The van der Waals surface area contributed by atoms with E-state index < -0.39 is 0 Å². The minimum atomic E-state index is -0.262. The van der Waals surface area contributed by atoms with Gasteiger partial charge in [0.2, 0.25) is 0 Å². The SMILES string of the molecule is CCCCCCCCCCCCCCCCCC(=O)Oc1ccc2c(=O)c(-c3ccc(O)cc3)coc2c1. The molecular weight excluding hydrogens is 476 g/mol. The zero-order valence-corrected chi connectivity index (χ0v) is 23.0. The third kappa shape index (κ3) is 10.00. The van der Waals surface area contributed by atoms with Gasteiger partial charge in [-0.05, 0) is 36.2 Å². The molecule has 0 fully saturated rings. The fourth-order valence-electron chi connectivity index (χ4n) is 4.84. The van der Waals surface area contributed by atoms with Crippen LogP contribution in [0.4, 0.5) is 0 Å². The Morgan fingerprint density at radius 2 is 1.32 bits per heavy atom. The Labute approximate surface area is 227 Å². The molecule has 1 heterocycles. The normalized spacial score (nSPS) is 11.2. The maximum absolute atomic E-state index is 12.9. The molecular formula is C33H44O5. The maximum Gasteiger partial charge on any atom is 0.311 e. The van der Waals surface area contributed by atoms with Crippen LogP contribution in [0.1, 0.15) is 110 Å². The lowest BCUT2D eigenvalue weighted by molar-refractivity contribution is -0.134. The summed E-state index contributed by atoms with van der Waals surface area (Å²) in [5, 5.41) is 9.88. The van der Waals surface area contributed by atoms with E-state index >= 15 is 0 Å². The van der Waals surface area contributed by atoms with E-state index in [1.807, 2.05) is 0 Å². The van der Waals surface area contributed by atoms with Crippen LogP contribution >= 0.6 is 0 Å². The van der Waals surface area contributed by atoms with Gasteiger partial charge in [0.1, 0.15) is 23.3 Å². The first-order valence-corrected chi connectivity index (χ1v) is 14.6. The number of hydrogen-bond acceptors (Lipinski definition) is 5. The number of rotatable bonds is 18. The van der Waals surface area contributed by atoms with Gasteiger partial charge in [-0.2, -0.15) is 0 Å². The van der Waals surface area contributed by atoms with Crippen LogP contribution in [0.25, 0.3) is 22.1 Å². The van der Waals surface area contributed by atoms with Crippen LogP contribution in [0.5, 0.6) is 11.5 Å². The highest BCUT2D eigenvalue weighted by atomic mass is 16.5. The van der Waals surface area contributed by atoms with Crippen molar-refractivity contribution in [2.24, 2.45) is 0 Å². The number of benzene rings is 2. The number of carbonyl (C=O) groups excluding carboxylic acids is 1. The Morgan fingerprint density at radius 1 is 0.763 bits per heavy atom. The topological polar surface area (TPSA) is 76.7 Å². The number of phenolic OH excluding ortho intramolecular Hbond substituents is 1. The molecule has 0 aliphatic rings. The summed E-state index contributed by atoms with van der Waals surface area (Å²) in [6, 6.07) is 11.2. The summed E-state index contributed by atoms with van der Waals surface area (Å²) < 4.78 is 11.1. The molecule has 38 heavy (non-hydrogen) atoms. The van der Waals surface area contributed by atoms with E-state index in [4.69, 9.17) is 9.15 Å². The van der Waals surface area contributed by atoms with Crippen LogP contribution in [0.2, 0.25) is 0 Å². The lowest BCUT2D eigenvalue weighted by Crippen LogP contribution is -2.08. The minimum absolute atomic E-state index is 0.134. The second-order valence-electron chi connectivity index (χ2n) is 10.4. The average Bonchev–Trinajstić information content (AvgIpc) is 2.92. The van der Waals surface area contributed by atoms with Crippen LogP contribution in [0.15, 0.2) is 57.9 Å². The number of carbonyl (C=O) groups is 1. The molecule has 0 saturated heterocycles. The number of ether oxygens (including phenoxy) is 1. The van der Waals surface area contributed by atoms with Crippen molar-refractivity contribution in [1.29, 1.82) is 0 Å². The van der Waals surface area contributed by atoms with Crippen molar-refractivity contribution in [2.45, 2.75) is 110 Å². The number of phenols is 1. The molecule has 1 N–H and O–H groups in total. The van der Waals surface area contributed by atoms with Gasteiger partial charge in [0.15, 0.2) is 5.43 Å². The minimum Gasteiger partial charge on any atom is -0.508 e. The number of esters is 1. The summed E-state index contributed by atoms with van der Waals surface area (Å²) in [6.07, 6.45) is 21.1. The Hall–Kier alpha value is -3.08. The zero-order valence-electron chi connectivity index (χ0n) is 23.0. The molecule has 0 atom stereocenters. The largest absolute Gasteiger partial charge is 0.508 e. The van der Waals surface area contributed by atoms with E-state index in [-0.39, 0.29) is 17.1 Å². The Bertz CT molecular complexity index is 1160. The summed E-state index contributed by atoms with van der Waals surface area (Å²) in [7, 11) is 0. The van der Waals surface area contributed by atoms with Crippen LogP contribution in [0.3, 0.4) is 0 Å². The number of fused-ring (bicyclic) bond motifs is 1. The first-order valence-electron chi connectivity index (χ1n) is 14.6. The summed E-state index contributed by atoms with van der Waals surface area (Å²) in [6.45, 7) is 2.27. The standard InChI is InChI=1S/C33H44O5/c1-2-3-4-5-6-7-8-9-10-11-12-13-14-15-16-17-32(35)38-28-22-23-29-31(24-28)37-25-30(33(29)36)26-18-20-27(34)21-19-26/h18-25,34H,2-17H2,1H3. The molecule has 0 saturated carbocycles. The van der Waals surface area contributed by atoms with Gasteiger partial charge >= 0.3 is 5.97 Å². The Balaban J connectivity index is 1.28. The monoisotopic (exact) mass is 520 g/mol. The molecule has 0 aliphatic heterocycles. The summed E-state index contributed by atoms with van der Waals surface area (Å²) in [5.41, 5.74) is 1.27. The fourth-order valence-corrected chi connectivity index (χ4v) is 4.84. The van der Waals surface area contributed by atoms with Crippen molar-refractivity contribution in [3.63, 3.8) is 0 Å². The van der Waals surface area contributed by atoms with Gasteiger partial charge in [0, 0.05) is 12.5 Å². The Morgan fingerprint density at radius 3 is 1.89 bits per heavy atom. The van der Waals surface area contributed by atoms with E-state index in [9.17, 15) is 14.7 Å². The van der Waals surface area contributed by atoms with Crippen LogP contribution < -0.4 is 10.2 Å². The van der Waals surface area contributed by atoms with Gasteiger partial charge in [-0.15, -0.1) is 0 Å². The third-order valence-corrected chi connectivity index (χ3v) is 7.14. The molecule has 1 aromatic heterocycles. The second-order valence-corrected chi connectivity index (χ2v) is 10.4. The van der Waals surface area contributed by atoms with Gasteiger partial charge in [0.25, 0.3) is 0 Å². The average molecular weight is 521 g/mol. The number of unbranched alkanes of at least 4 members (excludes halogenated alkanes) is 14. The smallest absolute Gasteiger partial charge is 0.311 e. The van der Waals surface area contributed by atoms with Crippen molar-refractivity contribution in [2.75, 3.05) is 0 Å². The first kappa shape index (κ1) is 29.5. The fraction of sp³-hybridized carbons (Fsp3) is 0.515. The Kier molecular flexibility index (Phi) is 13.0. The van der Waals surface area contributed by atoms with Crippen molar-refractivity contribution >= 4 is 16.9 Å². The van der Waals surface area contributed by atoms with Gasteiger partial charge in [-0.1, -0.05) is 109 Å². The van der Waals surface area contributed by atoms with E-state index in [1.54, 1.807) is 30.3 Å². The molecule has 0 bridgehead atoms. The molecule has 5 nitrogen and oxygen atoms in total. The quantitative estimate of drug-likeness (QED) is 0.103. The third-order valence-electron chi connectivity index (χ3n) is 7.14. The van der Waals surface area contributed by atoms with Crippen molar-refractivity contribution in [3.05, 3.63) is 59.0 Å². The number of aromatic hydroxyl groups is 1. The van der Waals surface area contributed by atoms with Crippen molar-refractivity contribution in [3.8, 4) is 22.6 Å². The molecule has 0 aliphatic carbocycles. The van der Waals surface area contributed by atoms with Gasteiger partial charge < -0.3 is 14.3 Å². The van der Waals surface area contributed by atoms with Gasteiger partial charge in [-0.3, -0.25) is 9.59 Å². The number of hydrogen-bond donors (Lipinski definition) is 1.